The van der Waals surface area contributed by atoms with Gasteiger partial charge in [0.15, 0.2) is 0 Å². The number of nitrogens with zero attached hydrogens (tertiary/aromatic N) is 2. The summed E-state index contributed by atoms with van der Waals surface area (Å²) in [7, 11) is -3.89. The number of rotatable bonds is 5. The molecule has 1 aromatic rings. The second-order valence-electron chi connectivity index (χ2n) is 6.47. The summed E-state index contributed by atoms with van der Waals surface area (Å²) in [4.78, 5) is 13.8. The molecule has 1 aliphatic heterocycles. The standard InChI is InChI=1S/C16H21BrFN3O3S/c1-11(16(22)19-13-3-4-13)20-6-8-21(9-7-20)25(23,24)15-10-12(17)2-5-14(15)18/h2,5,10-11,13H,3-4,6-9H2,1H3,(H,19,22). The zero-order chi connectivity index (χ0) is 18.2. The second kappa shape index (κ2) is 7.30. The molecule has 0 aromatic heterocycles. The average molecular weight is 434 g/mol. The summed E-state index contributed by atoms with van der Waals surface area (Å²) in [6, 6.07) is 3.89. The van der Waals surface area contributed by atoms with Crippen molar-refractivity contribution in [3.8, 4) is 0 Å². The Bertz CT molecular complexity index is 762. The van der Waals surface area contributed by atoms with Crippen LogP contribution in [0.25, 0.3) is 0 Å². The lowest BCUT2D eigenvalue weighted by atomic mass is 10.2. The number of sulfonamides is 1. The monoisotopic (exact) mass is 433 g/mol. The quantitative estimate of drug-likeness (QED) is 0.764. The summed E-state index contributed by atoms with van der Waals surface area (Å²) >= 11 is 3.18. The van der Waals surface area contributed by atoms with Gasteiger partial charge >= 0.3 is 0 Å². The molecule has 2 aliphatic rings. The van der Waals surface area contributed by atoms with E-state index in [-0.39, 0.29) is 29.9 Å². The summed E-state index contributed by atoms with van der Waals surface area (Å²) in [6.07, 6.45) is 2.06. The minimum atomic E-state index is -3.89. The van der Waals surface area contributed by atoms with E-state index >= 15 is 0 Å². The van der Waals surface area contributed by atoms with E-state index in [1.165, 1.54) is 16.4 Å². The topological polar surface area (TPSA) is 69.7 Å². The molecule has 3 rings (SSSR count). The van der Waals surface area contributed by atoms with E-state index in [1.54, 1.807) is 0 Å². The zero-order valence-corrected chi connectivity index (χ0v) is 16.3. The third-order valence-corrected chi connectivity index (χ3v) is 7.04. The molecule has 1 atom stereocenters. The first-order valence-corrected chi connectivity index (χ1v) is 10.5. The van der Waals surface area contributed by atoms with Crippen molar-refractivity contribution in [2.75, 3.05) is 26.2 Å². The molecule has 9 heteroatoms. The minimum absolute atomic E-state index is 0.0168. The fourth-order valence-electron chi connectivity index (χ4n) is 2.86. The van der Waals surface area contributed by atoms with Crippen molar-refractivity contribution >= 4 is 31.9 Å². The van der Waals surface area contributed by atoms with Crippen molar-refractivity contribution in [1.82, 2.24) is 14.5 Å². The fraction of sp³-hybridized carbons (Fsp3) is 0.562. The smallest absolute Gasteiger partial charge is 0.246 e. The lowest BCUT2D eigenvalue weighted by molar-refractivity contribution is -0.126. The van der Waals surface area contributed by atoms with Crippen LogP contribution in [-0.2, 0) is 14.8 Å². The lowest BCUT2D eigenvalue weighted by Crippen LogP contribution is -2.55. The molecular formula is C16H21BrFN3O3S. The number of hydrogen-bond donors (Lipinski definition) is 1. The molecule has 1 N–H and O–H groups in total. The molecule has 0 spiro atoms. The predicted molar refractivity (Wildman–Crippen MR) is 95.1 cm³/mol. The van der Waals surface area contributed by atoms with Crippen molar-refractivity contribution in [1.29, 1.82) is 0 Å². The predicted octanol–water partition coefficient (Wildman–Crippen LogP) is 1.56. The van der Waals surface area contributed by atoms with Crippen LogP contribution in [0.15, 0.2) is 27.6 Å². The lowest BCUT2D eigenvalue weighted by Gasteiger charge is -2.36. The maximum Gasteiger partial charge on any atom is 0.246 e. The van der Waals surface area contributed by atoms with Crippen LogP contribution in [-0.4, -0.2) is 61.8 Å². The van der Waals surface area contributed by atoms with Crippen LogP contribution in [0.2, 0.25) is 0 Å². The molecule has 25 heavy (non-hydrogen) atoms. The van der Waals surface area contributed by atoms with Crippen LogP contribution in [0.3, 0.4) is 0 Å². The van der Waals surface area contributed by atoms with Gasteiger partial charge in [-0.3, -0.25) is 9.69 Å². The number of nitrogens with one attached hydrogen (secondary N) is 1. The normalized spacial score (nSPS) is 21.1. The maximum atomic E-state index is 14.0. The van der Waals surface area contributed by atoms with Crippen LogP contribution in [0.4, 0.5) is 4.39 Å². The van der Waals surface area contributed by atoms with E-state index in [2.05, 4.69) is 21.2 Å². The van der Waals surface area contributed by atoms with Crippen LogP contribution in [0.1, 0.15) is 19.8 Å². The van der Waals surface area contributed by atoms with Gasteiger partial charge in [0.2, 0.25) is 15.9 Å². The van der Waals surface area contributed by atoms with Gasteiger partial charge in [-0.15, -0.1) is 0 Å². The van der Waals surface area contributed by atoms with Gasteiger partial charge in [0, 0.05) is 36.7 Å². The Morgan fingerprint density at radius 3 is 2.52 bits per heavy atom. The molecule has 1 amide bonds. The maximum absolute atomic E-state index is 14.0. The van der Waals surface area contributed by atoms with Gasteiger partial charge in [-0.2, -0.15) is 4.31 Å². The Balaban J connectivity index is 1.64. The summed E-state index contributed by atoms with van der Waals surface area (Å²) in [5.41, 5.74) is 0. The Kier molecular flexibility index (Phi) is 5.48. The minimum Gasteiger partial charge on any atom is -0.352 e. The molecule has 1 aromatic carbocycles. The summed E-state index contributed by atoms with van der Waals surface area (Å²) in [5.74, 6) is -0.778. The van der Waals surface area contributed by atoms with Crippen molar-refractivity contribution in [3.63, 3.8) is 0 Å². The summed E-state index contributed by atoms with van der Waals surface area (Å²) in [5, 5.41) is 2.96. The van der Waals surface area contributed by atoms with E-state index in [1.807, 2.05) is 11.8 Å². The number of carbonyl (C=O) groups excluding carboxylic acids is 1. The van der Waals surface area contributed by atoms with Crippen LogP contribution >= 0.6 is 15.9 Å². The second-order valence-corrected chi connectivity index (χ2v) is 9.30. The van der Waals surface area contributed by atoms with Gasteiger partial charge in [0.25, 0.3) is 0 Å². The van der Waals surface area contributed by atoms with Crippen molar-refractivity contribution in [3.05, 3.63) is 28.5 Å². The molecule has 1 unspecified atom stereocenters. The van der Waals surface area contributed by atoms with E-state index in [9.17, 15) is 17.6 Å². The number of hydrogen-bond acceptors (Lipinski definition) is 4. The molecule has 1 saturated carbocycles. The van der Waals surface area contributed by atoms with Crippen LogP contribution in [0.5, 0.6) is 0 Å². The van der Waals surface area contributed by atoms with Crippen molar-refractivity contribution in [2.45, 2.75) is 36.7 Å². The Hall–Kier alpha value is -1.03. The molecule has 1 heterocycles. The molecule has 6 nitrogen and oxygen atoms in total. The first-order valence-electron chi connectivity index (χ1n) is 8.28. The molecule has 1 aliphatic carbocycles. The molecule has 138 valence electrons. The highest BCUT2D eigenvalue weighted by atomic mass is 79.9. The van der Waals surface area contributed by atoms with Crippen LogP contribution in [0, 0.1) is 5.82 Å². The van der Waals surface area contributed by atoms with Gasteiger partial charge in [0.05, 0.1) is 6.04 Å². The van der Waals surface area contributed by atoms with Crippen LogP contribution < -0.4 is 5.32 Å². The van der Waals surface area contributed by atoms with E-state index in [4.69, 9.17) is 0 Å². The molecule has 1 saturated heterocycles. The number of halogens is 2. The van der Waals surface area contributed by atoms with Gasteiger partial charge in [-0.05, 0) is 38.0 Å². The van der Waals surface area contributed by atoms with Gasteiger partial charge in [0.1, 0.15) is 10.7 Å². The van der Waals surface area contributed by atoms with Gasteiger partial charge in [-0.25, -0.2) is 12.8 Å². The Morgan fingerprint density at radius 1 is 1.28 bits per heavy atom. The molecule has 0 radical (unpaired) electrons. The number of benzene rings is 1. The van der Waals surface area contributed by atoms with E-state index in [0.29, 0.717) is 23.6 Å². The highest BCUT2D eigenvalue weighted by molar-refractivity contribution is 9.10. The SMILES string of the molecule is CC(C(=O)NC1CC1)N1CCN(S(=O)(=O)c2cc(Br)ccc2F)CC1. The molecular weight excluding hydrogens is 413 g/mol. The number of amides is 1. The van der Waals surface area contributed by atoms with Gasteiger partial charge < -0.3 is 5.32 Å². The van der Waals surface area contributed by atoms with Crippen molar-refractivity contribution < 1.29 is 17.6 Å². The first kappa shape index (κ1) is 18.8. The Morgan fingerprint density at radius 2 is 1.92 bits per heavy atom. The molecule has 2 fully saturated rings. The average Bonchev–Trinajstić information content (AvgIpc) is 3.40. The van der Waals surface area contributed by atoms with E-state index in [0.717, 1.165) is 18.9 Å². The highest BCUT2D eigenvalue weighted by Crippen LogP contribution is 2.25. The summed E-state index contributed by atoms with van der Waals surface area (Å²) < 4.78 is 41.1. The number of piperazine rings is 1. The van der Waals surface area contributed by atoms with Gasteiger partial charge in [-0.1, -0.05) is 15.9 Å². The van der Waals surface area contributed by atoms with E-state index < -0.39 is 15.8 Å². The Labute approximate surface area is 155 Å². The third-order valence-electron chi connectivity index (χ3n) is 4.64. The first-order chi connectivity index (χ1) is 11.8. The largest absolute Gasteiger partial charge is 0.352 e. The summed E-state index contributed by atoms with van der Waals surface area (Å²) in [6.45, 7) is 3.17. The third kappa shape index (κ3) is 4.21. The number of carbonyl (C=O) groups is 1. The fourth-order valence-corrected chi connectivity index (χ4v) is 4.89. The zero-order valence-electron chi connectivity index (χ0n) is 13.9. The van der Waals surface area contributed by atoms with Crippen molar-refractivity contribution in [2.24, 2.45) is 0 Å². The highest BCUT2D eigenvalue weighted by Gasteiger charge is 2.34. The molecule has 0 bridgehead atoms.